The molecule has 110 valence electrons. The van der Waals surface area contributed by atoms with E-state index in [0.29, 0.717) is 13.0 Å². The summed E-state index contributed by atoms with van der Waals surface area (Å²) in [7, 11) is -3.00. The number of amides is 1. The second kappa shape index (κ2) is 7.14. The van der Waals surface area contributed by atoms with Gasteiger partial charge in [-0.05, 0) is 20.3 Å². The van der Waals surface area contributed by atoms with E-state index in [4.69, 9.17) is 4.74 Å². The van der Waals surface area contributed by atoms with Crippen LogP contribution in [0.25, 0.3) is 0 Å². The first-order chi connectivity index (χ1) is 8.84. The molecule has 0 bridgehead atoms. The minimum atomic E-state index is -3.00. The molecule has 0 aromatic carbocycles. The maximum atomic E-state index is 11.8. The Morgan fingerprint density at radius 3 is 2.68 bits per heavy atom. The summed E-state index contributed by atoms with van der Waals surface area (Å²) < 4.78 is 27.3. The Bertz CT molecular complexity index is 434. The van der Waals surface area contributed by atoms with Crippen LogP contribution in [0, 0.1) is 0 Å². The van der Waals surface area contributed by atoms with Gasteiger partial charge in [0.1, 0.15) is 0 Å². The van der Waals surface area contributed by atoms with Crippen LogP contribution < -0.4 is 5.32 Å². The molecule has 2 atom stereocenters. The number of carbonyl (C=O) groups excluding carboxylic acids is 2. The molecule has 0 saturated carbocycles. The van der Waals surface area contributed by atoms with Gasteiger partial charge < -0.3 is 10.1 Å². The lowest BCUT2D eigenvalue weighted by Gasteiger charge is -2.15. The second-order valence-corrected chi connectivity index (χ2v) is 7.92. The molecule has 1 fully saturated rings. The van der Waals surface area contributed by atoms with Gasteiger partial charge in [0.25, 0.3) is 0 Å². The lowest BCUT2D eigenvalue weighted by molar-refractivity contribution is -0.139. The maximum absolute atomic E-state index is 11.8. The number of ether oxygens (including phenoxy) is 1. The SMILES string of the molecule is CCOC(=O)CSC(C)C(=O)NC1CCS(=O)(=O)C1. The van der Waals surface area contributed by atoms with Gasteiger partial charge in [-0.15, -0.1) is 11.8 Å². The maximum Gasteiger partial charge on any atom is 0.315 e. The van der Waals surface area contributed by atoms with E-state index >= 15 is 0 Å². The van der Waals surface area contributed by atoms with Crippen molar-refractivity contribution in [3.05, 3.63) is 0 Å². The Morgan fingerprint density at radius 1 is 1.47 bits per heavy atom. The highest BCUT2D eigenvalue weighted by molar-refractivity contribution is 8.01. The van der Waals surface area contributed by atoms with Gasteiger partial charge in [-0.1, -0.05) is 0 Å². The Morgan fingerprint density at radius 2 is 2.16 bits per heavy atom. The topological polar surface area (TPSA) is 89.5 Å². The zero-order chi connectivity index (χ0) is 14.5. The number of esters is 1. The van der Waals surface area contributed by atoms with E-state index in [1.165, 1.54) is 11.8 Å². The Hall–Kier alpha value is -0.760. The fourth-order valence-corrected chi connectivity index (χ4v) is 4.06. The van der Waals surface area contributed by atoms with E-state index in [1.54, 1.807) is 13.8 Å². The van der Waals surface area contributed by atoms with Gasteiger partial charge in [-0.2, -0.15) is 0 Å². The molecular formula is C11H19NO5S2. The minimum absolute atomic E-state index is 0.00794. The third-order valence-corrected chi connectivity index (χ3v) is 5.59. The lowest BCUT2D eigenvalue weighted by atomic mass is 10.2. The fourth-order valence-electron chi connectivity index (χ4n) is 1.70. The van der Waals surface area contributed by atoms with Crippen molar-refractivity contribution in [3.63, 3.8) is 0 Å². The van der Waals surface area contributed by atoms with Crippen molar-refractivity contribution in [2.75, 3.05) is 23.9 Å². The molecule has 6 nitrogen and oxygen atoms in total. The van der Waals surface area contributed by atoms with Gasteiger partial charge in [-0.3, -0.25) is 9.59 Å². The molecule has 0 aliphatic carbocycles. The summed E-state index contributed by atoms with van der Waals surface area (Å²) in [5, 5.41) is 2.29. The lowest BCUT2D eigenvalue weighted by Crippen LogP contribution is -2.40. The van der Waals surface area contributed by atoms with E-state index in [2.05, 4.69) is 5.32 Å². The minimum Gasteiger partial charge on any atom is -0.465 e. The highest BCUT2D eigenvalue weighted by Crippen LogP contribution is 2.14. The van der Waals surface area contributed by atoms with Crippen LogP contribution in [0.2, 0.25) is 0 Å². The summed E-state index contributed by atoms with van der Waals surface area (Å²) in [4.78, 5) is 22.9. The highest BCUT2D eigenvalue weighted by atomic mass is 32.2. The van der Waals surface area contributed by atoms with E-state index in [1.807, 2.05) is 0 Å². The van der Waals surface area contributed by atoms with Crippen molar-refractivity contribution in [2.45, 2.75) is 31.6 Å². The summed E-state index contributed by atoms with van der Waals surface area (Å²) in [6.45, 7) is 3.72. The molecule has 2 unspecified atom stereocenters. The molecule has 1 amide bonds. The third kappa shape index (κ3) is 5.82. The van der Waals surface area contributed by atoms with Crippen molar-refractivity contribution in [1.29, 1.82) is 0 Å². The number of sulfone groups is 1. The molecule has 8 heteroatoms. The summed E-state index contributed by atoms with van der Waals surface area (Å²) in [6.07, 6.45) is 0.462. The van der Waals surface area contributed by atoms with Crippen LogP contribution in [-0.4, -0.2) is 55.5 Å². The first-order valence-corrected chi connectivity index (χ1v) is 8.99. The Kier molecular flexibility index (Phi) is 6.12. The van der Waals surface area contributed by atoms with Gasteiger partial charge >= 0.3 is 5.97 Å². The van der Waals surface area contributed by atoms with Crippen molar-refractivity contribution in [1.82, 2.24) is 5.32 Å². The average molecular weight is 309 g/mol. The molecule has 1 aliphatic heterocycles. The molecule has 1 N–H and O–H groups in total. The van der Waals surface area contributed by atoms with Crippen LogP contribution in [0.3, 0.4) is 0 Å². The number of hydrogen-bond acceptors (Lipinski definition) is 6. The normalized spacial score (nSPS) is 22.7. The largest absolute Gasteiger partial charge is 0.465 e. The van der Waals surface area contributed by atoms with Gasteiger partial charge in [-0.25, -0.2) is 8.42 Å². The first kappa shape index (κ1) is 16.3. The fraction of sp³-hybridized carbons (Fsp3) is 0.818. The molecule has 0 radical (unpaired) electrons. The summed E-state index contributed by atoms with van der Waals surface area (Å²) in [5.41, 5.74) is 0. The highest BCUT2D eigenvalue weighted by Gasteiger charge is 2.30. The van der Waals surface area contributed by atoms with E-state index in [0.717, 1.165) is 0 Å². The van der Waals surface area contributed by atoms with Crippen LogP contribution in [0.5, 0.6) is 0 Å². The number of nitrogens with one attached hydrogen (secondary N) is 1. The molecule has 1 heterocycles. The molecule has 0 spiro atoms. The monoisotopic (exact) mass is 309 g/mol. The quantitative estimate of drug-likeness (QED) is 0.693. The Labute approximate surface area is 117 Å². The zero-order valence-corrected chi connectivity index (χ0v) is 12.7. The molecule has 0 aromatic heterocycles. The van der Waals surface area contributed by atoms with Crippen LogP contribution in [-0.2, 0) is 24.2 Å². The molecule has 1 rings (SSSR count). The summed E-state index contributed by atoms with van der Waals surface area (Å²) in [6, 6.07) is -0.303. The zero-order valence-electron chi connectivity index (χ0n) is 11.0. The van der Waals surface area contributed by atoms with E-state index in [9.17, 15) is 18.0 Å². The van der Waals surface area contributed by atoms with E-state index < -0.39 is 15.1 Å². The van der Waals surface area contributed by atoms with Gasteiger partial charge in [0.15, 0.2) is 9.84 Å². The standard InChI is InChI=1S/C11H19NO5S2/c1-3-17-10(13)6-18-8(2)11(14)12-9-4-5-19(15,16)7-9/h8-9H,3-7H2,1-2H3,(H,12,14). The summed E-state index contributed by atoms with van der Waals surface area (Å²) >= 11 is 1.18. The molecule has 1 saturated heterocycles. The molecule has 1 aliphatic rings. The van der Waals surface area contributed by atoms with Crippen LogP contribution in [0.4, 0.5) is 0 Å². The number of carbonyl (C=O) groups is 2. The van der Waals surface area contributed by atoms with Crippen LogP contribution in [0.15, 0.2) is 0 Å². The van der Waals surface area contributed by atoms with Gasteiger partial charge in [0.05, 0.1) is 29.1 Å². The van der Waals surface area contributed by atoms with Crippen LogP contribution in [0.1, 0.15) is 20.3 Å². The van der Waals surface area contributed by atoms with Crippen molar-refractivity contribution in [2.24, 2.45) is 0 Å². The predicted molar refractivity (Wildman–Crippen MR) is 73.8 cm³/mol. The average Bonchev–Trinajstić information content (AvgIpc) is 2.66. The van der Waals surface area contributed by atoms with Gasteiger partial charge in [0.2, 0.25) is 5.91 Å². The Balaban J connectivity index is 2.31. The second-order valence-electron chi connectivity index (χ2n) is 4.37. The number of hydrogen-bond donors (Lipinski definition) is 1. The smallest absolute Gasteiger partial charge is 0.315 e. The first-order valence-electron chi connectivity index (χ1n) is 6.12. The molecule has 19 heavy (non-hydrogen) atoms. The van der Waals surface area contributed by atoms with Gasteiger partial charge in [0, 0.05) is 6.04 Å². The molecular weight excluding hydrogens is 290 g/mol. The van der Waals surface area contributed by atoms with Crippen molar-refractivity contribution < 1.29 is 22.7 Å². The van der Waals surface area contributed by atoms with Crippen molar-refractivity contribution in [3.8, 4) is 0 Å². The van der Waals surface area contributed by atoms with E-state index in [-0.39, 0.29) is 35.2 Å². The van der Waals surface area contributed by atoms with Crippen molar-refractivity contribution >= 4 is 33.5 Å². The summed E-state index contributed by atoms with van der Waals surface area (Å²) in [5.74, 6) is -0.339. The third-order valence-electron chi connectivity index (χ3n) is 2.70. The molecule has 0 aromatic rings. The predicted octanol–water partition coefficient (Wildman–Crippen LogP) is -0.0255. The number of rotatable bonds is 6. The number of thioether (sulfide) groups is 1. The van der Waals surface area contributed by atoms with Crippen LogP contribution >= 0.6 is 11.8 Å².